The lowest BCUT2D eigenvalue weighted by molar-refractivity contribution is -0.154. The van der Waals surface area contributed by atoms with Gasteiger partial charge in [-0.2, -0.15) is 18.2 Å². The number of hydrogen-bond acceptors (Lipinski definition) is 6. The molecule has 0 saturated carbocycles. The molecule has 0 aliphatic rings. The third-order valence-corrected chi connectivity index (χ3v) is 7.77. The van der Waals surface area contributed by atoms with E-state index in [-0.39, 0.29) is 17.2 Å². The topological polar surface area (TPSA) is 78.6 Å². The van der Waals surface area contributed by atoms with E-state index in [1.807, 2.05) is 13.8 Å². The largest absolute Gasteiger partial charge is 0.478 e. The van der Waals surface area contributed by atoms with Crippen molar-refractivity contribution >= 4 is 17.1 Å². The zero-order chi connectivity index (χ0) is 32.2. The van der Waals surface area contributed by atoms with E-state index in [1.54, 1.807) is 18.2 Å². The summed E-state index contributed by atoms with van der Waals surface area (Å²) < 4.78 is 55.1. The number of fused-ring (bicyclic) bond motifs is 1. The Morgan fingerprint density at radius 2 is 1.45 bits per heavy atom. The lowest BCUT2D eigenvalue weighted by Gasteiger charge is -2.23. The van der Waals surface area contributed by atoms with E-state index in [0.717, 1.165) is 63.5 Å². The molecule has 0 saturated heterocycles. The molecular weight excluding hydrogens is 571 g/mol. The molecule has 1 aromatic carbocycles. The molecule has 2 aromatic heterocycles. The van der Waals surface area contributed by atoms with Gasteiger partial charge < -0.3 is 13.9 Å². The number of aromatic nitrogens is 1. The predicted octanol–water partition coefficient (Wildman–Crippen LogP) is 9.77. The van der Waals surface area contributed by atoms with Crippen molar-refractivity contribution in [2.45, 2.75) is 105 Å². The SMILES string of the molecule is CC(C)CCC(C)(C)C(=O)OCCCCCCCCCCCOc1ccc2cc(-c3ccc(C(F)(F)F)cc3)c(=O)oc2n1. The maximum atomic E-state index is 12.8. The quantitative estimate of drug-likeness (QED) is 0.104. The van der Waals surface area contributed by atoms with E-state index < -0.39 is 22.8 Å². The van der Waals surface area contributed by atoms with Crippen LogP contribution in [-0.2, 0) is 15.7 Å². The molecule has 6 nitrogen and oxygen atoms in total. The molecule has 0 bridgehead atoms. The Bertz CT molecular complexity index is 1380. The van der Waals surface area contributed by atoms with Gasteiger partial charge in [0.25, 0.3) is 0 Å². The van der Waals surface area contributed by atoms with E-state index in [0.29, 0.717) is 36.0 Å². The van der Waals surface area contributed by atoms with Crippen LogP contribution in [0.15, 0.2) is 51.7 Å². The Hall–Kier alpha value is -3.36. The van der Waals surface area contributed by atoms with Crippen LogP contribution in [0.1, 0.15) is 104 Å². The van der Waals surface area contributed by atoms with Crippen LogP contribution < -0.4 is 10.4 Å². The second-order valence-corrected chi connectivity index (χ2v) is 12.5. The number of ether oxygens (including phenoxy) is 2. The van der Waals surface area contributed by atoms with Crippen molar-refractivity contribution in [3.05, 3.63) is 58.4 Å². The molecule has 3 aromatic rings. The molecular formula is C35H46F3NO5. The molecule has 44 heavy (non-hydrogen) atoms. The molecule has 0 aliphatic heterocycles. The highest BCUT2D eigenvalue weighted by molar-refractivity contribution is 5.79. The summed E-state index contributed by atoms with van der Waals surface area (Å²) in [6.07, 6.45) is 7.15. The van der Waals surface area contributed by atoms with Crippen LogP contribution in [0.4, 0.5) is 13.2 Å². The molecule has 0 atom stereocenters. The highest BCUT2D eigenvalue weighted by Gasteiger charge is 2.30. The van der Waals surface area contributed by atoms with Crippen LogP contribution in [0.5, 0.6) is 5.88 Å². The number of benzene rings is 1. The molecule has 0 amide bonds. The van der Waals surface area contributed by atoms with E-state index in [1.165, 1.54) is 31.4 Å². The molecule has 0 unspecified atom stereocenters. The van der Waals surface area contributed by atoms with Gasteiger partial charge in [0.05, 0.1) is 29.8 Å². The van der Waals surface area contributed by atoms with Gasteiger partial charge in [0.1, 0.15) is 0 Å². The fraction of sp³-hybridized carbons (Fsp3) is 0.571. The molecule has 0 N–H and O–H groups in total. The average Bonchev–Trinajstić information content (AvgIpc) is 2.97. The average molecular weight is 618 g/mol. The zero-order valence-corrected chi connectivity index (χ0v) is 26.4. The summed E-state index contributed by atoms with van der Waals surface area (Å²) in [5.41, 5.74) is -1.25. The first kappa shape index (κ1) is 35.1. The molecule has 242 valence electrons. The number of rotatable bonds is 18. The smallest absolute Gasteiger partial charge is 0.416 e. The zero-order valence-electron chi connectivity index (χ0n) is 26.4. The third kappa shape index (κ3) is 11.3. The Balaban J connectivity index is 1.27. The third-order valence-electron chi connectivity index (χ3n) is 7.77. The van der Waals surface area contributed by atoms with Crippen molar-refractivity contribution < 1.29 is 31.9 Å². The number of nitrogens with zero attached hydrogens (tertiary/aromatic N) is 1. The summed E-state index contributed by atoms with van der Waals surface area (Å²) in [4.78, 5) is 29.1. The van der Waals surface area contributed by atoms with E-state index in [4.69, 9.17) is 13.9 Å². The number of carbonyl (C=O) groups excluding carboxylic acids is 1. The van der Waals surface area contributed by atoms with Crippen LogP contribution in [0.3, 0.4) is 0 Å². The number of carbonyl (C=O) groups is 1. The first-order valence-corrected chi connectivity index (χ1v) is 15.8. The second kappa shape index (κ2) is 16.6. The second-order valence-electron chi connectivity index (χ2n) is 12.5. The number of halogens is 3. The maximum absolute atomic E-state index is 12.8. The minimum atomic E-state index is -4.45. The van der Waals surface area contributed by atoms with Crippen molar-refractivity contribution in [1.29, 1.82) is 0 Å². The van der Waals surface area contributed by atoms with Crippen LogP contribution >= 0.6 is 0 Å². The molecule has 0 radical (unpaired) electrons. The van der Waals surface area contributed by atoms with Gasteiger partial charge in [-0.25, -0.2) is 4.79 Å². The normalized spacial score (nSPS) is 12.2. The Labute approximate surface area is 258 Å². The van der Waals surface area contributed by atoms with Crippen LogP contribution in [0.25, 0.3) is 22.2 Å². The lowest BCUT2D eigenvalue weighted by atomic mass is 9.85. The van der Waals surface area contributed by atoms with E-state index in [2.05, 4.69) is 18.8 Å². The van der Waals surface area contributed by atoms with Crippen molar-refractivity contribution in [3.8, 4) is 17.0 Å². The Kier molecular flexibility index (Phi) is 13.3. The highest BCUT2D eigenvalue weighted by Crippen LogP contribution is 2.31. The van der Waals surface area contributed by atoms with E-state index >= 15 is 0 Å². The highest BCUT2D eigenvalue weighted by atomic mass is 19.4. The van der Waals surface area contributed by atoms with Crippen molar-refractivity contribution in [3.63, 3.8) is 0 Å². The monoisotopic (exact) mass is 617 g/mol. The summed E-state index contributed by atoms with van der Waals surface area (Å²) in [7, 11) is 0. The van der Waals surface area contributed by atoms with Crippen LogP contribution in [-0.4, -0.2) is 24.2 Å². The van der Waals surface area contributed by atoms with Crippen LogP contribution in [0, 0.1) is 11.3 Å². The predicted molar refractivity (Wildman–Crippen MR) is 167 cm³/mol. The number of pyridine rings is 1. The van der Waals surface area contributed by atoms with Gasteiger partial charge in [0, 0.05) is 11.5 Å². The number of esters is 1. The van der Waals surface area contributed by atoms with Gasteiger partial charge in [-0.15, -0.1) is 0 Å². The molecule has 0 aliphatic carbocycles. The van der Waals surface area contributed by atoms with Gasteiger partial charge in [-0.3, -0.25) is 4.79 Å². The fourth-order valence-electron chi connectivity index (χ4n) is 4.83. The first-order valence-electron chi connectivity index (χ1n) is 15.8. The summed E-state index contributed by atoms with van der Waals surface area (Å²) >= 11 is 0. The summed E-state index contributed by atoms with van der Waals surface area (Å²) in [5, 5.41) is 0.550. The molecule has 3 rings (SSSR count). The van der Waals surface area contributed by atoms with Gasteiger partial charge in [0.2, 0.25) is 11.6 Å². The number of unbranched alkanes of at least 4 members (excludes halogenated alkanes) is 8. The Morgan fingerprint density at radius 3 is 2.05 bits per heavy atom. The summed E-state index contributed by atoms with van der Waals surface area (Å²) in [6, 6.07) is 9.35. The number of hydrogen-bond donors (Lipinski definition) is 0. The van der Waals surface area contributed by atoms with Gasteiger partial charge >= 0.3 is 17.8 Å². The molecule has 0 spiro atoms. The summed E-state index contributed by atoms with van der Waals surface area (Å²) in [5.74, 6) is 0.854. The minimum Gasteiger partial charge on any atom is -0.478 e. The van der Waals surface area contributed by atoms with Gasteiger partial charge in [-0.05, 0) is 75.3 Å². The number of alkyl halides is 3. The lowest BCUT2D eigenvalue weighted by Crippen LogP contribution is -2.27. The van der Waals surface area contributed by atoms with Gasteiger partial charge in [0.15, 0.2) is 0 Å². The van der Waals surface area contributed by atoms with Crippen LogP contribution in [0.2, 0.25) is 0 Å². The van der Waals surface area contributed by atoms with E-state index in [9.17, 15) is 22.8 Å². The molecule has 2 heterocycles. The van der Waals surface area contributed by atoms with Gasteiger partial charge in [-0.1, -0.05) is 70.9 Å². The van der Waals surface area contributed by atoms with Crippen molar-refractivity contribution in [2.75, 3.05) is 13.2 Å². The fourth-order valence-corrected chi connectivity index (χ4v) is 4.83. The molecule has 0 fully saturated rings. The first-order chi connectivity index (χ1) is 20.9. The minimum absolute atomic E-state index is 0.0847. The van der Waals surface area contributed by atoms with Crippen molar-refractivity contribution in [2.24, 2.45) is 11.3 Å². The molecule has 9 heteroatoms. The Morgan fingerprint density at radius 1 is 0.864 bits per heavy atom. The standard InChI is InChI=1S/C35H46F3NO5/c1-25(2)20-21-34(3,4)33(41)43-23-13-11-9-7-5-6-8-10-12-22-42-30-19-16-27-24-29(32(40)44-31(27)39-30)26-14-17-28(18-15-26)35(36,37)38/h14-19,24-25H,5-13,20-23H2,1-4H3. The maximum Gasteiger partial charge on any atom is 0.416 e. The summed E-state index contributed by atoms with van der Waals surface area (Å²) in [6.45, 7) is 9.28. The van der Waals surface area contributed by atoms with Crippen molar-refractivity contribution in [1.82, 2.24) is 4.98 Å².